The van der Waals surface area contributed by atoms with Crippen molar-refractivity contribution in [3.8, 4) is 5.75 Å². The molecular weight excluding hydrogens is 264 g/mol. The Balaban J connectivity index is 1.45. The van der Waals surface area contributed by atoms with Gasteiger partial charge in [-0.15, -0.1) is 0 Å². The van der Waals surface area contributed by atoms with Gasteiger partial charge >= 0.3 is 0 Å². The van der Waals surface area contributed by atoms with Gasteiger partial charge in [-0.05, 0) is 31.9 Å². The van der Waals surface area contributed by atoms with E-state index in [0.717, 1.165) is 51.1 Å². The Morgan fingerprint density at radius 2 is 2.19 bits per heavy atom. The molecule has 0 aromatic heterocycles. The summed E-state index contributed by atoms with van der Waals surface area (Å²) in [4.78, 5) is 2.32. The number of rotatable bonds is 7. The summed E-state index contributed by atoms with van der Waals surface area (Å²) in [5.41, 5.74) is 1.24. The summed E-state index contributed by atoms with van der Waals surface area (Å²) in [7, 11) is 2.15. The second-order valence-corrected chi connectivity index (χ2v) is 6.25. The van der Waals surface area contributed by atoms with Crippen LogP contribution in [0.15, 0.2) is 24.3 Å². The fourth-order valence-corrected chi connectivity index (χ4v) is 2.64. The maximum absolute atomic E-state index is 5.94. The van der Waals surface area contributed by atoms with E-state index in [2.05, 4.69) is 35.5 Å². The summed E-state index contributed by atoms with van der Waals surface area (Å²) in [6.07, 6.45) is 2.95. The molecule has 4 nitrogen and oxygen atoms in total. The lowest BCUT2D eigenvalue weighted by Gasteiger charge is -2.30. The van der Waals surface area contributed by atoms with Crippen molar-refractivity contribution in [2.45, 2.75) is 25.5 Å². The smallest absolute Gasteiger partial charge is 0.123 e. The predicted molar refractivity (Wildman–Crippen MR) is 83.6 cm³/mol. The first-order chi connectivity index (χ1) is 10.3. The van der Waals surface area contributed by atoms with Crippen LogP contribution in [0.4, 0.5) is 0 Å². The van der Waals surface area contributed by atoms with Gasteiger partial charge in [-0.1, -0.05) is 18.2 Å². The summed E-state index contributed by atoms with van der Waals surface area (Å²) in [5.74, 6) is 1.82. The molecule has 0 unspecified atom stereocenters. The topological polar surface area (TPSA) is 33.7 Å². The zero-order chi connectivity index (χ0) is 14.5. The molecule has 2 aliphatic rings. The fourth-order valence-electron chi connectivity index (χ4n) is 2.64. The van der Waals surface area contributed by atoms with E-state index in [1.807, 2.05) is 6.07 Å². The number of nitrogens with one attached hydrogen (secondary N) is 1. The molecule has 1 aromatic carbocycles. The molecule has 1 aliphatic carbocycles. The SMILES string of the molecule is CN1CCO[C@H](CNCc2ccccc2OCC2CC2)C1. The number of benzene rings is 1. The molecule has 1 heterocycles. The summed E-state index contributed by atoms with van der Waals surface area (Å²) >= 11 is 0. The molecule has 0 radical (unpaired) electrons. The van der Waals surface area contributed by atoms with E-state index in [9.17, 15) is 0 Å². The molecule has 1 N–H and O–H groups in total. The van der Waals surface area contributed by atoms with E-state index in [1.165, 1.54) is 18.4 Å². The number of nitrogens with zero attached hydrogens (tertiary/aromatic N) is 1. The van der Waals surface area contributed by atoms with E-state index in [-0.39, 0.29) is 0 Å². The highest BCUT2D eigenvalue weighted by Crippen LogP contribution is 2.30. The third-order valence-electron chi connectivity index (χ3n) is 4.17. The van der Waals surface area contributed by atoms with Crippen molar-refractivity contribution in [2.75, 3.05) is 39.9 Å². The largest absolute Gasteiger partial charge is 0.493 e. The van der Waals surface area contributed by atoms with Crippen molar-refractivity contribution >= 4 is 0 Å². The quantitative estimate of drug-likeness (QED) is 0.831. The number of hydrogen-bond donors (Lipinski definition) is 1. The molecule has 21 heavy (non-hydrogen) atoms. The van der Waals surface area contributed by atoms with Gasteiger partial charge in [0.05, 0.1) is 19.3 Å². The zero-order valence-electron chi connectivity index (χ0n) is 12.9. The number of hydrogen-bond acceptors (Lipinski definition) is 4. The van der Waals surface area contributed by atoms with Gasteiger partial charge in [-0.25, -0.2) is 0 Å². The number of morpholine rings is 1. The molecule has 1 aromatic rings. The van der Waals surface area contributed by atoms with E-state index >= 15 is 0 Å². The first kappa shape index (κ1) is 14.8. The van der Waals surface area contributed by atoms with Crippen LogP contribution in [-0.4, -0.2) is 50.9 Å². The molecule has 1 saturated heterocycles. The summed E-state index contributed by atoms with van der Waals surface area (Å²) in [6, 6.07) is 8.34. The van der Waals surface area contributed by atoms with Crippen LogP contribution in [0, 0.1) is 5.92 Å². The van der Waals surface area contributed by atoms with E-state index in [0.29, 0.717) is 6.10 Å². The Morgan fingerprint density at radius 1 is 1.33 bits per heavy atom. The molecule has 0 amide bonds. The molecular formula is C17H26N2O2. The molecule has 1 atom stereocenters. The van der Waals surface area contributed by atoms with Gasteiger partial charge in [-0.2, -0.15) is 0 Å². The monoisotopic (exact) mass is 290 g/mol. The molecule has 0 spiro atoms. The highest BCUT2D eigenvalue weighted by atomic mass is 16.5. The molecule has 0 bridgehead atoms. The maximum Gasteiger partial charge on any atom is 0.123 e. The Hall–Kier alpha value is -1.10. The molecule has 116 valence electrons. The fraction of sp³-hybridized carbons (Fsp3) is 0.647. The van der Waals surface area contributed by atoms with Crippen molar-refractivity contribution in [3.05, 3.63) is 29.8 Å². The molecule has 4 heteroatoms. The van der Waals surface area contributed by atoms with Crippen molar-refractivity contribution in [1.82, 2.24) is 10.2 Å². The lowest BCUT2D eigenvalue weighted by Crippen LogP contribution is -2.44. The molecule has 1 saturated carbocycles. The first-order valence-corrected chi connectivity index (χ1v) is 8.03. The average Bonchev–Trinajstić information content (AvgIpc) is 3.31. The van der Waals surface area contributed by atoms with Crippen LogP contribution in [0.25, 0.3) is 0 Å². The highest BCUT2D eigenvalue weighted by Gasteiger charge is 2.22. The standard InChI is InChI=1S/C17H26N2O2/c1-19-8-9-20-16(12-19)11-18-10-15-4-2-3-5-17(15)21-13-14-6-7-14/h2-5,14,16,18H,6-13H2,1H3/t16-/m1/s1. The number of likely N-dealkylation sites (N-methyl/N-ethyl adjacent to an activating group) is 1. The second kappa shape index (κ2) is 7.25. The minimum atomic E-state index is 0.295. The van der Waals surface area contributed by atoms with Gasteiger partial charge in [-0.3, -0.25) is 0 Å². The van der Waals surface area contributed by atoms with Crippen LogP contribution in [-0.2, 0) is 11.3 Å². The Kier molecular flexibility index (Phi) is 5.12. The number of ether oxygens (including phenoxy) is 2. The van der Waals surface area contributed by atoms with Gasteiger partial charge in [0, 0.05) is 31.7 Å². The maximum atomic E-state index is 5.94. The van der Waals surface area contributed by atoms with Gasteiger partial charge in [0.15, 0.2) is 0 Å². The van der Waals surface area contributed by atoms with Crippen LogP contribution in [0.3, 0.4) is 0 Å². The lowest BCUT2D eigenvalue weighted by molar-refractivity contribution is -0.0182. The average molecular weight is 290 g/mol. The second-order valence-electron chi connectivity index (χ2n) is 6.25. The van der Waals surface area contributed by atoms with Crippen LogP contribution in [0.5, 0.6) is 5.75 Å². The van der Waals surface area contributed by atoms with Crippen LogP contribution in [0.1, 0.15) is 18.4 Å². The predicted octanol–water partition coefficient (Wildman–Crippen LogP) is 1.90. The highest BCUT2D eigenvalue weighted by molar-refractivity contribution is 5.33. The summed E-state index contributed by atoms with van der Waals surface area (Å²) in [6.45, 7) is 5.48. The van der Waals surface area contributed by atoms with Crippen LogP contribution in [0.2, 0.25) is 0 Å². The van der Waals surface area contributed by atoms with Crippen LogP contribution < -0.4 is 10.1 Å². The molecule has 2 fully saturated rings. The first-order valence-electron chi connectivity index (χ1n) is 8.03. The Bertz CT molecular complexity index is 448. The normalized spacial score (nSPS) is 23.2. The molecule has 1 aliphatic heterocycles. The molecule has 3 rings (SSSR count). The van der Waals surface area contributed by atoms with Gasteiger partial charge < -0.3 is 19.7 Å². The van der Waals surface area contributed by atoms with E-state index in [4.69, 9.17) is 9.47 Å². The van der Waals surface area contributed by atoms with Gasteiger partial charge in [0.25, 0.3) is 0 Å². The third-order valence-corrected chi connectivity index (χ3v) is 4.17. The number of para-hydroxylation sites is 1. The van der Waals surface area contributed by atoms with Gasteiger partial charge in [0.2, 0.25) is 0 Å². The summed E-state index contributed by atoms with van der Waals surface area (Å²) in [5, 5.41) is 3.50. The van der Waals surface area contributed by atoms with Crippen molar-refractivity contribution < 1.29 is 9.47 Å². The zero-order valence-corrected chi connectivity index (χ0v) is 12.9. The lowest BCUT2D eigenvalue weighted by atomic mass is 10.2. The van der Waals surface area contributed by atoms with E-state index < -0.39 is 0 Å². The van der Waals surface area contributed by atoms with Crippen molar-refractivity contribution in [1.29, 1.82) is 0 Å². The third kappa shape index (κ3) is 4.70. The van der Waals surface area contributed by atoms with Crippen molar-refractivity contribution in [2.24, 2.45) is 5.92 Å². The Labute approximate surface area is 127 Å². The Morgan fingerprint density at radius 3 is 3.00 bits per heavy atom. The minimum absolute atomic E-state index is 0.295. The van der Waals surface area contributed by atoms with Crippen LogP contribution >= 0.6 is 0 Å². The van der Waals surface area contributed by atoms with E-state index in [1.54, 1.807) is 0 Å². The summed E-state index contributed by atoms with van der Waals surface area (Å²) < 4.78 is 11.7. The van der Waals surface area contributed by atoms with Gasteiger partial charge in [0.1, 0.15) is 5.75 Å². The minimum Gasteiger partial charge on any atom is -0.493 e. The van der Waals surface area contributed by atoms with Crippen molar-refractivity contribution in [3.63, 3.8) is 0 Å².